The topological polar surface area (TPSA) is 79.3 Å². The first-order valence-electron chi connectivity index (χ1n) is 8.44. The number of nitrogens with zero attached hydrogens (tertiary/aromatic N) is 3. The summed E-state index contributed by atoms with van der Waals surface area (Å²) in [5, 5.41) is 6.22. The lowest BCUT2D eigenvalue weighted by molar-refractivity contribution is 0.197. The van der Waals surface area contributed by atoms with E-state index >= 15 is 0 Å². The number of carbonyl (C=O) groups is 1. The first-order chi connectivity index (χ1) is 12.0. The number of benzene rings is 1. The SMILES string of the molecule is Cc1cccc(NC2CCN(C(=O)Nc3ccn(C)c(=O)n3)CC2)c1. The maximum atomic E-state index is 12.3. The number of hydrogen-bond donors (Lipinski definition) is 2. The standard InChI is InChI=1S/C18H23N5O2/c1-13-4-3-5-15(12-13)19-14-6-10-23(11-7-14)18(25)21-16-8-9-22(2)17(24)20-16/h3-5,8-9,12,14,19H,6-7,10-11H2,1-2H3,(H,20,21,24,25). The monoisotopic (exact) mass is 341 g/mol. The highest BCUT2D eigenvalue weighted by molar-refractivity contribution is 5.88. The molecule has 0 radical (unpaired) electrons. The molecule has 1 aromatic heterocycles. The average molecular weight is 341 g/mol. The van der Waals surface area contributed by atoms with E-state index in [1.165, 1.54) is 10.1 Å². The van der Waals surface area contributed by atoms with Gasteiger partial charge in [-0.05, 0) is 43.5 Å². The second kappa shape index (κ2) is 7.38. The zero-order valence-electron chi connectivity index (χ0n) is 14.5. The van der Waals surface area contributed by atoms with Crippen molar-refractivity contribution in [1.82, 2.24) is 14.5 Å². The molecule has 7 heteroatoms. The lowest BCUT2D eigenvalue weighted by Gasteiger charge is -2.32. The number of piperidine rings is 1. The summed E-state index contributed by atoms with van der Waals surface area (Å²) in [6.07, 6.45) is 3.35. The Hall–Kier alpha value is -2.83. The molecule has 0 aliphatic carbocycles. The number of rotatable bonds is 3. The molecule has 2 N–H and O–H groups in total. The summed E-state index contributed by atoms with van der Waals surface area (Å²) < 4.78 is 1.36. The second-order valence-corrected chi connectivity index (χ2v) is 6.41. The molecule has 3 rings (SSSR count). The van der Waals surface area contributed by atoms with Crippen molar-refractivity contribution in [2.45, 2.75) is 25.8 Å². The van der Waals surface area contributed by atoms with Gasteiger partial charge in [0.15, 0.2) is 0 Å². The van der Waals surface area contributed by atoms with E-state index in [0.717, 1.165) is 18.5 Å². The van der Waals surface area contributed by atoms with Gasteiger partial charge in [0.05, 0.1) is 0 Å². The van der Waals surface area contributed by atoms with Crippen LogP contribution < -0.4 is 16.3 Å². The van der Waals surface area contributed by atoms with E-state index in [1.54, 1.807) is 24.2 Å². The van der Waals surface area contributed by atoms with Gasteiger partial charge < -0.3 is 14.8 Å². The minimum Gasteiger partial charge on any atom is -0.382 e. The summed E-state index contributed by atoms with van der Waals surface area (Å²) in [6, 6.07) is 10.1. The number of urea groups is 1. The predicted molar refractivity (Wildman–Crippen MR) is 97.9 cm³/mol. The summed E-state index contributed by atoms with van der Waals surface area (Å²) in [7, 11) is 1.62. The third kappa shape index (κ3) is 4.37. The lowest BCUT2D eigenvalue weighted by atomic mass is 10.0. The minimum absolute atomic E-state index is 0.213. The van der Waals surface area contributed by atoms with Crippen LogP contribution in [-0.4, -0.2) is 39.6 Å². The van der Waals surface area contributed by atoms with Gasteiger partial charge in [0.2, 0.25) is 0 Å². The maximum absolute atomic E-state index is 12.3. The lowest BCUT2D eigenvalue weighted by Crippen LogP contribution is -2.44. The number of carbonyl (C=O) groups excluding carboxylic acids is 1. The van der Waals surface area contributed by atoms with Gasteiger partial charge in [-0.25, -0.2) is 9.59 Å². The van der Waals surface area contributed by atoms with Crippen molar-refractivity contribution in [3.05, 3.63) is 52.6 Å². The smallest absolute Gasteiger partial charge is 0.349 e. The van der Waals surface area contributed by atoms with E-state index in [2.05, 4.69) is 40.7 Å². The molecule has 0 spiro atoms. The van der Waals surface area contributed by atoms with Crippen molar-refractivity contribution >= 4 is 17.5 Å². The van der Waals surface area contributed by atoms with E-state index in [1.807, 2.05) is 6.07 Å². The number of aromatic nitrogens is 2. The summed E-state index contributed by atoms with van der Waals surface area (Å²) in [5.74, 6) is 0.285. The number of likely N-dealkylation sites (tertiary alicyclic amines) is 1. The van der Waals surface area contributed by atoms with Gasteiger partial charge in [-0.15, -0.1) is 0 Å². The Morgan fingerprint density at radius 2 is 2.00 bits per heavy atom. The Balaban J connectivity index is 1.52. The van der Waals surface area contributed by atoms with Crippen LogP contribution in [0.3, 0.4) is 0 Å². The summed E-state index contributed by atoms with van der Waals surface area (Å²) in [6.45, 7) is 3.41. The Morgan fingerprint density at radius 1 is 1.24 bits per heavy atom. The molecule has 0 atom stereocenters. The summed E-state index contributed by atoms with van der Waals surface area (Å²) >= 11 is 0. The van der Waals surface area contributed by atoms with E-state index < -0.39 is 0 Å². The van der Waals surface area contributed by atoms with E-state index in [-0.39, 0.29) is 17.5 Å². The highest BCUT2D eigenvalue weighted by Crippen LogP contribution is 2.18. The van der Waals surface area contributed by atoms with E-state index in [0.29, 0.717) is 19.1 Å². The first-order valence-corrected chi connectivity index (χ1v) is 8.44. The van der Waals surface area contributed by atoms with Gasteiger partial charge in [-0.2, -0.15) is 4.98 Å². The Labute approximate surface area is 146 Å². The molecule has 0 bridgehead atoms. The third-order valence-corrected chi connectivity index (χ3v) is 4.38. The van der Waals surface area contributed by atoms with Crippen LogP contribution in [0.1, 0.15) is 18.4 Å². The second-order valence-electron chi connectivity index (χ2n) is 6.41. The molecule has 1 aliphatic rings. The van der Waals surface area contributed by atoms with Crippen molar-refractivity contribution in [1.29, 1.82) is 0 Å². The zero-order valence-corrected chi connectivity index (χ0v) is 14.5. The van der Waals surface area contributed by atoms with Crippen molar-refractivity contribution < 1.29 is 4.79 Å². The average Bonchev–Trinajstić information content (AvgIpc) is 2.59. The fourth-order valence-electron chi connectivity index (χ4n) is 2.92. The molecule has 1 saturated heterocycles. The molecular formula is C18H23N5O2. The molecule has 2 amide bonds. The number of amides is 2. The first kappa shape index (κ1) is 17.0. The quantitative estimate of drug-likeness (QED) is 0.897. The number of hydrogen-bond acceptors (Lipinski definition) is 4. The zero-order chi connectivity index (χ0) is 17.8. The molecule has 1 aromatic carbocycles. The molecule has 1 fully saturated rings. The van der Waals surface area contributed by atoms with Crippen molar-refractivity contribution in [3.63, 3.8) is 0 Å². The van der Waals surface area contributed by atoms with Gasteiger partial charge in [0, 0.05) is 38.1 Å². The molecule has 132 valence electrons. The van der Waals surface area contributed by atoms with Gasteiger partial charge in [0.25, 0.3) is 0 Å². The van der Waals surface area contributed by atoms with Crippen LogP contribution in [0.5, 0.6) is 0 Å². The Bertz CT molecular complexity index is 809. The van der Waals surface area contributed by atoms with Crippen LogP contribution >= 0.6 is 0 Å². The van der Waals surface area contributed by atoms with Crippen LogP contribution in [0.25, 0.3) is 0 Å². The third-order valence-electron chi connectivity index (χ3n) is 4.38. The van der Waals surface area contributed by atoms with Crippen LogP contribution in [0.15, 0.2) is 41.3 Å². The molecule has 0 saturated carbocycles. The number of nitrogens with one attached hydrogen (secondary N) is 2. The van der Waals surface area contributed by atoms with Crippen molar-refractivity contribution in [2.75, 3.05) is 23.7 Å². The fourth-order valence-corrected chi connectivity index (χ4v) is 2.92. The summed E-state index contributed by atoms with van der Waals surface area (Å²) in [4.78, 5) is 29.4. The number of anilines is 2. The van der Waals surface area contributed by atoms with Crippen molar-refractivity contribution in [3.8, 4) is 0 Å². The van der Waals surface area contributed by atoms with E-state index in [4.69, 9.17) is 0 Å². The molecule has 0 unspecified atom stereocenters. The van der Waals surface area contributed by atoms with Gasteiger partial charge >= 0.3 is 11.7 Å². The highest BCUT2D eigenvalue weighted by Gasteiger charge is 2.23. The Kier molecular flexibility index (Phi) is 5.02. The molecule has 2 aromatic rings. The van der Waals surface area contributed by atoms with Gasteiger partial charge in [0.1, 0.15) is 5.82 Å². The van der Waals surface area contributed by atoms with Crippen LogP contribution in [0, 0.1) is 6.92 Å². The normalized spacial score (nSPS) is 15.0. The van der Waals surface area contributed by atoms with Gasteiger partial charge in [-0.1, -0.05) is 12.1 Å². The van der Waals surface area contributed by atoms with Crippen LogP contribution in [0.4, 0.5) is 16.3 Å². The van der Waals surface area contributed by atoms with Crippen LogP contribution in [0.2, 0.25) is 0 Å². The molecule has 1 aliphatic heterocycles. The number of aryl methyl sites for hydroxylation is 2. The largest absolute Gasteiger partial charge is 0.382 e. The molecular weight excluding hydrogens is 318 g/mol. The van der Waals surface area contributed by atoms with E-state index in [9.17, 15) is 9.59 Å². The maximum Gasteiger partial charge on any atom is 0.349 e. The molecule has 25 heavy (non-hydrogen) atoms. The Morgan fingerprint density at radius 3 is 2.68 bits per heavy atom. The molecule has 7 nitrogen and oxygen atoms in total. The fraction of sp³-hybridized carbons (Fsp3) is 0.389. The van der Waals surface area contributed by atoms with Crippen molar-refractivity contribution in [2.24, 2.45) is 7.05 Å². The van der Waals surface area contributed by atoms with Crippen LogP contribution in [-0.2, 0) is 7.05 Å². The molecule has 2 heterocycles. The predicted octanol–water partition coefficient (Wildman–Crippen LogP) is 2.20. The summed E-state index contributed by atoms with van der Waals surface area (Å²) in [5.41, 5.74) is 1.95. The van der Waals surface area contributed by atoms with Gasteiger partial charge in [-0.3, -0.25) is 5.32 Å². The highest BCUT2D eigenvalue weighted by atomic mass is 16.2. The minimum atomic E-state index is -0.390.